The summed E-state index contributed by atoms with van der Waals surface area (Å²) in [5, 5.41) is 6.68. The first kappa shape index (κ1) is 13.3. The van der Waals surface area contributed by atoms with Gasteiger partial charge in [0.2, 0.25) is 0 Å². The third-order valence-corrected chi connectivity index (χ3v) is 4.42. The average Bonchev–Trinajstić information content (AvgIpc) is 2.86. The molecule has 2 aromatic heterocycles. The van der Waals surface area contributed by atoms with Crippen LogP contribution in [-0.4, -0.2) is 17.6 Å². The molecule has 2 aromatic rings. The molecule has 1 atom stereocenters. The number of nitrogens with two attached hydrogens (primary N) is 1. The van der Waals surface area contributed by atoms with E-state index in [0.717, 1.165) is 25.2 Å². The highest BCUT2D eigenvalue weighted by molar-refractivity contribution is 7.17. The third kappa shape index (κ3) is 2.82. The maximum atomic E-state index is 6.22. The Morgan fingerprint density at radius 3 is 2.83 bits per heavy atom. The average molecular weight is 263 g/mol. The van der Waals surface area contributed by atoms with Crippen molar-refractivity contribution in [1.29, 1.82) is 0 Å². The SMILES string of the molecule is CCC(CC)C(N)CNc1nccc2sccc12. The van der Waals surface area contributed by atoms with Gasteiger partial charge in [-0.3, -0.25) is 0 Å². The van der Waals surface area contributed by atoms with Gasteiger partial charge in [0.25, 0.3) is 0 Å². The van der Waals surface area contributed by atoms with Crippen LogP contribution >= 0.6 is 11.3 Å². The van der Waals surface area contributed by atoms with Gasteiger partial charge in [0.15, 0.2) is 0 Å². The van der Waals surface area contributed by atoms with Crippen molar-refractivity contribution >= 4 is 27.2 Å². The van der Waals surface area contributed by atoms with Crippen LogP contribution in [0.2, 0.25) is 0 Å². The van der Waals surface area contributed by atoms with Gasteiger partial charge in [-0.05, 0) is 23.4 Å². The molecule has 3 N–H and O–H groups in total. The molecule has 1 unspecified atom stereocenters. The van der Waals surface area contributed by atoms with Gasteiger partial charge in [-0.1, -0.05) is 26.7 Å². The van der Waals surface area contributed by atoms with Crippen LogP contribution in [0, 0.1) is 5.92 Å². The number of aromatic nitrogens is 1. The minimum absolute atomic E-state index is 0.190. The topological polar surface area (TPSA) is 50.9 Å². The van der Waals surface area contributed by atoms with E-state index in [0.29, 0.717) is 5.92 Å². The Bertz CT molecular complexity index is 490. The van der Waals surface area contributed by atoms with Crippen LogP contribution < -0.4 is 11.1 Å². The van der Waals surface area contributed by atoms with Crippen LogP contribution in [0.25, 0.3) is 10.1 Å². The highest BCUT2D eigenvalue weighted by atomic mass is 32.1. The maximum absolute atomic E-state index is 6.22. The van der Waals surface area contributed by atoms with E-state index in [1.165, 1.54) is 10.1 Å². The molecule has 0 saturated heterocycles. The number of nitrogens with one attached hydrogen (secondary N) is 1. The highest BCUT2D eigenvalue weighted by Crippen LogP contribution is 2.25. The Morgan fingerprint density at radius 1 is 1.33 bits per heavy atom. The standard InChI is InChI=1S/C14H21N3S/c1-3-10(4-2)12(15)9-17-14-11-6-8-18-13(11)5-7-16-14/h5-8,10,12H,3-4,9,15H2,1-2H3,(H,16,17). The van der Waals surface area contributed by atoms with Crippen LogP contribution in [0.3, 0.4) is 0 Å². The normalized spacial score (nSPS) is 13.1. The van der Waals surface area contributed by atoms with Crippen molar-refractivity contribution in [2.45, 2.75) is 32.7 Å². The summed E-state index contributed by atoms with van der Waals surface area (Å²) in [7, 11) is 0. The molecule has 98 valence electrons. The molecule has 0 aliphatic heterocycles. The summed E-state index contributed by atoms with van der Waals surface area (Å²) in [5.41, 5.74) is 6.22. The van der Waals surface area contributed by atoms with Crippen LogP contribution in [-0.2, 0) is 0 Å². The van der Waals surface area contributed by atoms with Gasteiger partial charge in [-0.2, -0.15) is 0 Å². The molecule has 0 amide bonds. The molecule has 2 heterocycles. The first-order valence-electron chi connectivity index (χ1n) is 6.57. The molecule has 4 heteroatoms. The summed E-state index contributed by atoms with van der Waals surface area (Å²) in [5.74, 6) is 1.54. The molecule has 0 bridgehead atoms. The number of hydrogen-bond acceptors (Lipinski definition) is 4. The molecule has 0 saturated carbocycles. The van der Waals surface area contributed by atoms with Gasteiger partial charge in [0.05, 0.1) is 0 Å². The second kappa shape index (κ2) is 6.16. The smallest absolute Gasteiger partial charge is 0.134 e. The Kier molecular flexibility index (Phi) is 4.55. The lowest BCUT2D eigenvalue weighted by atomic mass is 9.95. The van der Waals surface area contributed by atoms with Gasteiger partial charge in [0.1, 0.15) is 5.82 Å². The molecule has 0 aromatic carbocycles. The van der Waals surface area contributed by atoms with Gasteiger partial charge in [-0.25, -0.2) is 4.98 Å². The zero-order chi connectivity index (χ0) is 13.0. The monoisotopic (exact) mass is 263 g/mol. The Balaban J connectivity index is 2.04. The first-order valence-corrected chi connectivity index (χ1v) is 7.45. The lowest BCUT2D eigenvalue weighted by molar-refractivity contribution is 0.407. The maximum Gasteiger partial charge on any atom is 0.134 e. The van der Waals surface area contributed by atoms with Gasteiger partial charge < -0.3 is 11.1 Å². The number of thiophene rings is 1. The van der Waals surface area contributed by atoms with Crippen molar-refractivity contribution in [2.24, 2.45) is 11.7 Å². The number of nitrogens with zero attached hydrogens (tertiary/aromatic N) is 1. The minimum Gasteiger partial charge on any atom is -0.368 e. The molecule has 0 aliphatic rings. The van der Waals surface area contributed by atoms with Gasteiger partial charge in [0, 0.05) is 28.9 Å². The van der Waals surface area contributed by atoms with Crippen molar-refractivity contribution < 1.29 is 0 Å². The van der Waals surface area contributed by atoms with Crippen molar-refractivity contribution in [3.05, 3.63) is 23.7 Å². The zero-order valence-electron chi connectivity index (χ0n) is 11.0. The third-order valence-electron chi connectivity index (χ3n) is 3.54. The van der Waals surface area contributed by atoms with Crippen molar-refractivity contribution in [2.75, 3.05) is 11.9 Å². The second-order valence-corrected chi connectivity index (χ2v) is 5.56. The number of pyridine rings is 1. The van der Waals surface area contributed by atoms with E-state index in [-0.39, 0.29) is 6.04 Å². The molecule has 0 radical (unpaired) electrons. The Labute approximate surface area is 112 Å². The van der Waals surface area contributed by atoms with Crippen LogP contribution in [0.5, 0.6) is 0 Å². The van der Waals surface area contributed by atoms with E-state index in [1.807, 2.05) is 12.3 Å². The Morgan fingerprint density at radius 2 is 2.11 bits per heavy atom. The summed E-state index contributed by atoms with van der Waals surface area (Å²) in [6.07, 6.45) is 4.12. The van der Waals surface area contributed by atoms with E-state index in [4.69, 9.17) is 5.73 Å². The number of rotatable bonds is 6. The van der Waals surface area contributed by atoms with Crippen molar-refractivity contribution in [1.82, 2.24) is 4.98 Å². The van der Waals surface area contributed by atoms with Crippen molar-refractivity contribution in [3.63, 3.8) is 0 Å². The van der Waals surface area contributed by atoms with Crippen molar-refractivity contribution in [3.8, 4) is 0 Å². The number of fused-ring (bicyclic) bond motifs is 1. The van der Waals surface area contributed by atoms with E-state index in [2.05, 4.69) is 35.6 Å². The molecular weight excluding hydrogens is 242 g/mol. The summed E-state index contributed by atoms with van der Waals surface area (Å²) < 4.78 is 1.27. The fraction of sp³-hybridized carbons (Fsp3) is 0.500. The second-order valence-electron chi connectivity index (χ2n) is 4.61. The molecule has 2 rings (SSSR count). The lowest BCUT2D eigenvalue weighted by Gasteiger charge is -2.21. The quantitative estimate of drug-likeness (QED) is 0.839. The van der Waals surface area contributed by atoms with Gasteiger partial charge >= 0.3 is 0 Å². The summed E-state index contributed by atoms with van der Waals surface area (Å²) in [4.78, 5) is 4.40. The zero-order valence-corrected chi connectivity index (χ0v) is 11.8. The summed E-state index contributed by atoms with van der Waals surface area (Å²) in [6.45, 7) is 5.19. The lowest BCUT2D eigenvalue weighted by Crippen LogP contribution is -2.36. The van der Waals surface area contributed by atoms with E-state index >= 15 is 0 Å². The Hall–Kier alpha value is -1.13. The number of anilines is 1. The largest absolute Gasteiger partial charge is 0.368 e. The molecule has 0 spiro atoms. The fourth-order valence-electron chi connectivity index (χ4n) is 2.31. The van der Waals surface area contributed by atoms with Crippen LogP contribution in [0.4, 0.5) is 5.82 Å². The molecular formula is C14H21N3S. The molecule has 3 nitrogen and oxygen atoms in total. The summed E-state index contributed by atoms with van der Waals surface area (Å²) in [6, 6.07) is 4.35. The fourth-order valence-corrected chi connectivity index (χ4v) is 3.09. The van der Waals surface area contributed by atoms with E-state index in [1.54, 1.807) is 11.3 Å². The van der Waals surface area contributed by atoms with Crippen LogP contribution in [0.15, 0.2) is 23.7 Å². The van der Waals surface area contributed by atoms with Gasteiger partial charge in [-0.15, -0.1) is 11.3 Å². The molecule has 18 heavy (non-hydrogen) atoms. The first-order chi connectivity index (χ1) is 8.76. The highest BCUT2D eigenvalue weighted by Gasteiger charge is 2.14. The van der Waals surface area contributed by atoms with Crippen LogP contribution in [0.1, 0.15) is 26.7 Å². The van der Waals surface area contributed by atoms with E-state index < -0.39 is 0 Å². The predicted molar refractivity (Wildman–Crippen MR) is 80.2 cm³/mol. The molecule has 0 aliphatic carbocycles. The minimum atomic E-state index is 0.190. The number of hydrogen-bond donors (Lipinski definition) is 2. The summed E-state index contributed by atoms with van der Waals surface area (Å²) >= 11 is 1.74. The predicted octanol–water partition coefficient (Wildman–Crippen LogP) is 3.47. The molecule has 0 fully saturated rings. The van der Waals surface area contributed by atoms with E-state index in [9.17, 15) is 0 Å².